The quantitative estimate of drug-likeness (QED) is 0.806. The molecule has 0 spiro atoms. The fraction of sp³-hybridized carbons (Fsp3) is 0.278. The Kier molecular flexibility index (Phi) is 3.63. The van der Waals surface area contributed by atoms with Crippen molar-refractivity contribution in [3.63, 3.8) is 0 Å². The molecule has 5 nitrogen and oxygen atoms in total. The van der Waals surface area contributed by atoms with Crippen LogP contribution in [0.25, 0.3) is 11.1 Å². The molecule has 0 amide bonds. The number of aromatic hydroxyl groups is 1. The highest BCUT2D eigenvalue weighted by molar-refractivity contribution is 5.72. The third kappa shape index (κ3) is 2.87. The lowest BCUT2D eigenvalue weighted by Gasteiger charge is -2.35. The summed E-state index contributed by atoms with van der Waals surface area (Å²) in [6.45, 7) is 4.35. The summed E-state index contributed by atoms with van der Waals surface area (Å²) in [4.78, 5) is 9.09. The molecule has 1 aliphatic rings. The molecule has 23 heavy (non-hydrogen) atoms. The zero-order valence-corrected chi connectivity index (χ0v) is 12.9. The van der Waals surface area contributed by atoms with Gasteiger partial charge in [-0.2, -0.15) is 0 Å². The Bertz CT molecular complexity index is 774. The van der Waals surface area contributed by atoms with Gasteiger partial charge in [-0.05, 0) is 24.3 Å². The van der Waals surface area contributed by atoms with Crippen LogP contribution in [0.2, 0.25) is 0 Å². The average molecular weight is 309 g/mol. The Balaban J connectivity index is 1.41. The van der Waals surface area contributed by atoms with E-state index in [-0.39, 0.29) is 0 Å². The molecule has 2 aromatic carbocycles. The zero-order valence-electron chi connectivity index (χ0n) is 12.9. The Labute approximate surface area is 134 Å². The minimum absolute atomic E-state index is 0.347. The van der Waals surface area contributed by atoms with Gasteiger partial charge in [0.2, 0.25) is 5.89 Å². The van der Waals surface area contributed by atoms with E-state index in [0.29, 0.717) is 5.75 Å². The van der Waals surface area contributed by atoms with Gasteiger partial charge in [0.15, 0.2) is 5.58 Å². The summed E-state index contributed by atoms with van der Waals surface area (Å²) in [6, 6.07) is 15.4. The maximum atomic E-state index is 9.96. The van der Waals surface area contributed by atoms with Crippen molar-refractivity contribution in [2.75, 3.05) is 31.1 Å². The first-order chi connectivity index (χ1) is 11.3. The predicted octanol–water partition coefficient (Wildman–Crippen LogP) is 2.86. The van der Waals surface area contributed by atoms with Gasteiger partial charge in [0, 0.05) is 26.2 Å². The summed E-state index contributed by atoms with van der Waals surface area (Å²) in [7, 11) is 0. The van der Waals surface area contributed by atoms with Gasteiger partial charge in [-0.3, -0.25) is 4.90 Å². The average Bonchev–Trinajstić information content (AvgIpc) is 2.98. The molecule has 118 valence electrons. The summed E-state index contributed by atoms with van der Waals surface area (Å²) < 4.78 is 5.79. The van der Waals surface area contributed by atoms with Crippen LogP contribution in [0.15, 0.2) is 52.9 Å². The highest BCUT2D eigenvalue weighted by atomic mass is 16.3. The number of oxazole rings is 1. The Morgan fingerprint density at radius 1 is 0.957 bits per heavy atom. The molecular formula is C18H19N3O2. The molecule has 0 bridgehead atoms. The van der Waals surface area contributed by atoms with Crippen molar-refractivity contribution in [2.45, 2.75) is 6.54 Å². The molecule has 1 aliphatic heterocycles. The summed E-state index contributed by atoms with van der Waals surface area (Å²) in [6.07, 6.45) is 0. The zero-order chi connectivity index (χ0) is 15.6. The number of hydrogen-bond donors (Lipinski definition) is 1. The summed E-state index contributed by atoms with van der Waals surface area (Å²) in [5.41, 5.74) is 2.67. The largest absolute Gasteiger partial charge is 0.506 e. The molecule has 1 aromatic heterocycles. The first-order valence-electron chi connectivity index (χ1n) is 7.89. The highest BCUT2D eigenvalue weighted by Crippen LogP contribution is 2.27. The van der Waals surface area contributed by atoms with Crippen LogP contribution < -0.4 is 4.90 Å². The van der Waals surface area contributed by atoms with E-state index in [1.807, 2.05) is 42.5 Å². The maximum absolute atomic E-state index is 9.96. The Hall–Kier alpha value is -2.53. The number of anilines is 1. The third-order valence-electron chi connectivity index (χ3n) is 4.29. The number of para-hydroxylation sites is 4. The van der Waals surface area contributed by atoms with Crippen LogP contribution in [0.3, 0.4) is 0 Å². The Morgan fingerprint density at radius 2 is 1.70 bits per heavy atom. The molecular weight excluding hydrogens is 290 g/mol. The van der Waals surface area contributed by atoms with Crippen molar-refractivity contribution in [3.05, 3.63) is 54.4 Å². The van der Waals surface area contributed by atoms with Crippen LogP contribution in [-0.2, 0) is 6.54 Å². The number of benzene rings is 2. The number of nitrogens with zero attached hydrogens (tertiary/aromatic N) is 3. The number of piperazine rings is 1. The van der Waals surface area contributed by atoms with Crippen molar-refractivity contribution in [2.24, 2.45) is 0 Å². The highest BCUT2D eigenvalue weighted by Gasteiger charge is 2.20. The molecule has 0 saturated carbocycles. The normalized spacial score (nSPS) is 16.1. The van der Waals surface area contributed by atoms with Crippen molar-refractivity contribution in [3.8, 4) is 5.75 Å². The standard InChI is InChI=1S/C18H19N3O2/c22-16-7-3-2-6-15(16)21-11-9-20(10-12-21)13-18-19-14-5-1-4-8-17(14)23-18/h1-8,22H,9-13H2. The lowest BCUT2D eigenvalue weighted by atomic mass is 10.2. The van der Waals surface area contributed by atoms with E-state index < -0.39 is 0 Å². The number of aromatic nitrogens is 1. The van der Waals surface area contributed by atoms with E-state index in [9.17, 15) is 5.11 Å². The lowest BCUT2D eigenvalue weighted by Crippen LogP contribution is -2.46. The van der Waals surface area contributed by atoms with Gasteiger partial charge in [-0.1, -0.05) is 24.3 Å². The third-order valence-corrected chi connectivity index (χ3v) is 4.29. The van der Waals surface area contributed by atoms with E-state index in [1.165, 1.54) is 0 Å². The second kappa shape index (κ2) is 5.93. The second-order valence-corrected chi connectivity index (χ2v) is 5.83. The first-order valence-corrected chi connectivity index (χ1v) is 7.89. The van der Waals surface area contributed by atoms with Crippen LogP contribution in [0.1, 0.15) is 5.89 Å². The van der Waals surface area contributed by atoms with Gasteiger partial charge in [0.25, 0.3) is 0 Å². The molecule has 3 aromatic rings. The summed E-state index contributed by atoms with van der Waals surface area (Å²) >= 11 is 0. The fourth-order valence-electron chi connectivity index (χ4n) is 3.06. The van der Waals surface area contributed by atoms with E-state index in [1.54, 1.807) is 6.07 Å². The monoisotopic (exact) mass is 309 g/mol. The molecule has 1 N–H and O–H groups in total. The number of phenols is 1. The fourth-order valence-corrected chi connectivity index (χ4v) is 3.06. The van der Waals surface area contributed by atoms with E-state index in [2.05, 4.69) is 14.8 Å². The molecule has 0 atom stereocenters. The first kappa shape index (κ1) is 14.1. The molecule has 0 radical (unpaired) electrons. The van der Waals surface area contributed by atoms with E-state index >= 15 is 0 Å². The second-order valence-electron chi connectivity index (χ2n) is 5.83. The SMILES string of the molecule is Oc1ccccc1N1CCN(Cc2nc3ccccc3o2)CC1. The van der Waals surface area contributed by atoms with Gasteiger partial charge in [-0.25, -0.2) is 4.98 Å². The topological polar surface area (TPSA) is 52.7 Å². The van der Waals surface area contributed by atoms with Gasteiger partial charge in [-0.15, -0.1) is 0 Å². The van der Waals surface area contributed by atoms with E-state index in [0.717, 1.165) is 55.4 Å². The maximum Gasteiger partial charge on any atom is 0.209 e. The van der Waals surface area contributed by atoms with Crippen LogP contribution >= 0.6 is 0 Å². The van der Waals surface area contributed by atoms with Gasteiger partial charge >= 0.3 is 0 Å². The molecule has 0 aliphatic carbocycles. The summed E-state index contributed by atoms with van der Waals surface area (Å²) in [5, 5.41) is 9.96. The molecule has 1 saturated heterocycles. The van der Waals surface area contributed by atoms with E-state index in [4.69, 9.17) is 4.42 Å². The summed E-state index contributed by atoms with van der Waals surface area (Å²) in [5.74, 6) is 1.11. The number of hydrogen-bond acceptors (Lipinski definition) is 5. The van der Waals surface area contributed by atoms with Crippen molar-refractivity contribution < 1.29 is 9.52 Å². The number of fused-ring (bicyclic) bond motifs is 1. The van der Waals surface area contributed by atoms with Crippen molar-refractivity contribution in [1.82, 2.24) is 9.88 Å². The molecule has 0 unspecified atom stereocenters. The molecule has 4 rings (SSSR count). The van der Waals surface area contributed by atoms with Gasteiger partial charge < -0.3 is 14.4 Å². The predicted molar refractivity (Wildman–Crippen MR) is 89.6 cm³/mol. The number of rotatable bonds is 3. The van der Waals surface area contributed by atoms with Crippen LogP contribution in [0.4, 0.5) is 5.69 Å². The van der Waals surface area contributed by atoms with Crippen LogP contribution in [-0.4, -0.2) is 41.2 Å². The molecule has 2 heterocycles. The van der Waals surface area contributed by atoms with Crippen LogP contribution in [0.5, 0.6) is 5.75 Å². The van der Waals surface area contributed by atoms with Gasteiger partial charge in [0.05, 0.1) is 12.2 Å². The molecule has 5 heteroatoms. The lowest BCUT2D eigenvalue weighted by molar-refractivity contribution is 0.228. The minimum atomic E-state index is 0.347. The smallest absolute Gasteiger partial charge is 0.209 e. The number of phenolic OH excluding ortho intramolecular Hbond substituents is 1. The molecule has 1 fully saturated rings. The van der Waals surface area contributed by atoms with Crippen molar-refractivity contribution >= 4 is 16.8 Å². The minimum Gasteiger partial charge on any atom is -0.506 e. The van der Waals surface area contributed by atoms with Gasteiger partial charge in [0.1, 0.15) is 11.3 Å². The van der Waals surface area contributed by atoms with Crippen LogP contribution in [0, 0.1) is 0 Å². The Morgan fingerprint density at radius 3 is 2.48 bits per heavy atom. The van der Waals surface area contributed by atoms with Crippen molar-refractivity contribution in [1.29, 1.82) is 0 Å².